The van der Waals surface area contributed by atoms with Gasteiger partial charge in [0.1, 0.15) is 6.29 Å². The molecule has 1 N–H and O–H groups in total. The minimum Gasteiger partial charge on any atom is -0.298 e. The first-order chi connectivity index (χ1) is 10.1. The van der Waals surface area contributed by atoms with Gasteiger partial charge < -0.3 is 0 Å². The molecular formula is C16H14N2O3. The van der Waals surface area contributed by atoms with E-state index in [1.807, 2.05) is 6.07 Å². The highest BCUT2D eigenvalue weighted by Gasteiger charge is 2.15. The lowest BCUT2D eigenvalue weighted by atomic mass is 10.1. The number of hydrogen-bond acceptors (Lipinski definition) is 3. The van der Waals surface area contributed by atoms with Crippen LogP contribution in [0, 0.1) is 0 Å². The van der Waals surface area contributed by atoms with E-state index >= 15 is 0 Å². The van der Waals surface area contributed by atoms with Crippen LogP contribution in [0.1, 0.15) is 27.6 Å². The lowest BCUT2D eigenvalue weighted by Crippen LogP contribution is -2.45. The monoisotopic (exact) mass is 282 g/mol. The van der Waals surface area contributed by atoms with Gasteiger partial charge in [0.15, 0.2) is 0 Å². The molecule has 2 amide bonds. The van der Waals surface area contributed by atoms with Gasteiger partial charge in [0, 0.05) is 18.1 Å². The Morgan fingerprint density at radius 2 is 1.62 bits per heavy atom. The number of carbonyl (C=O) groups is 3. The number of anilines is 1. The van der Waals surface area contributed by atoms with Crippen LogP contribution in [-0.2, 0) is 4.79 Å². The number of para-hydroxylation sites is 1. The van der Waals surface area contributed by atoms with Crippen LogP contribution in [0.5, 0.6) is 0 Å². The number of benzene rings is 2. The van der Waals surface area contributed by atoms with Gasteiger partial charge in [0.05, 0.1) is 5.69 Å². The Balaban J connectivity index is 2.18. The lowest BCUT2D eigenvalue weighted by Gasteiger charge is -2.21. The van der Waals surface area contributed by atoms with Gasteiger partial charge in [-0.25, -0.2) is 5.01 Å². The molecule has 0 aromatic heterocycles. The largest absolute Gasteiger partial charge is 0.298 e. The van der Waals surface area contributed by atoms with Crippen molar-refractivity contribution in [2.45, 2.75) is 6.92 Å². The minimum atomic E-state index is -0.425. The second-order valence-corrected chi connectivity index (χ2v) is 4.37. The summed E-state index contributed by atoms with van der Waals surface area (Å²) in [5.74, 6) is -0.731. The van der Waals surface area contributed by atoms with Gasteiger partial charge in [-0.05, 0) is 24.3 Å². The molecule has 21 heavy (non-hydrogen) atoms. The highest BCUT2D eigenvalue weighted by molar-refractivity contribution is 6.01. The molecule has 5 heteroatoms. The van der Waals surface area contributed by atoms with E-state index in [1.54, 1.807) is 36.4 Å². The van der Waals surface area contributed by atoms with Crippen molar-refractivity contribution < 1.29 is 14.4 Å². The molecule has 0 aliphatic heterocycles. The van der Waals surface area contributed by atoms with Crippen molar-refractivity contribution in [3.63, 3.8) is 0 Å². The zero-order chi connectivity index (χ0) is 15.2. The molecule has 0 heterocycles. The van der Waals surface area contributed by atoms with Crippen LogP contribution in [0.15, 0.2) is 54.6 Å². The van der Waals surface area contributed by atoms with Crippen LogP contribution >= 0.6 is 0 Å². The summed E-state index contributed by atoms with van der Waals surface area (Å²) in [6, 6.07) is 15.0. The number of aldehydes is 1. The fraction of sp³-hybridized carbons (Fsp3) is 0.0625. The molecule has 0 radical (unpaired) electrons. The normalized spacial score (nSPS) is 9.76. The molecule has 106 valence electrons. The zero-order valence-electron chi connectivity index (χ0n) is 11.4. The summed E-state index contributed by atoms with van der Waals surface area (Å²) in [7, 11) is 0. The van der Waals surface area contributed by atoms with Gasteiger partial charge >= 0.3 is 0 Å². The van der Waals surface area contributed by atoms with Crippen LogP contribution < -0.4 is 10.4 Å². The Bertz CT molecular complexity index is 651. The Morgan fingerprint density at radius 1 is 1.00 bits per heavy atom. The molecule has 0 bridgehead atoms. The van der Waals surface area contributed by atoms with E-state index < -0.39 is 5.91 Å². The summed E-state index contributed by atoms with van der Waals surface area (Å²) >= 11 is 0. The predicted octanol–water partition coefficient (Wildman–Crippen LogP) is 2.20. The first kappa shape index (κ1) is 14.5. The molecular weight excluding hydrogens is 268 g/mol. The van der Waals surface area contributed by atoms with E-state index in [2.05, 4.69) is 5.43 Å². The van der Waals surface area contributed by atoms with Crippen LogP contribution in [-0.4, -0.2) is 18.1 Å². The molecule has 0 saturated heterocycles. The molecule has 2 aromatic carbocycles. The smallest absolute Gasteiger partial charge is 0.270 e. The first-order valence-corrected chi connectivity index (χ1v) is 6.34. The van der Waals surface area contributed by atoms with E-state index in [0.717, 1.165) is 0 Å². The molecule has 0 spiro atoms. The van der Waals surface area contributed by atoms with Crippen molar-refractivity contribution in [3.8, 4) is 0 Å². The van der Waals surface area contributed by atoms with Crippen LogP contribution in [0.25, 0.3) is 0 Å². The summed E-state index contributed by atoms with van der Waals surface area (Å²) in [5.41, 5.74) is 3.96. The Morgan fingerprint density at radius 3 is 2.14 bits per heavy atom. The number of nitrogens with one attached hydrogen (secondary N) is 1. The van der Waals surface area contributed by atoms with Crippen molar-refractivity contribution in [1.82, 2.24) is 5.43 Å². The molecule has 5 nitrogen and oxygen atoms in total. The maximum absolute atomic E-state index is 12.1. The van der Waals surface area contributed by atoms with E-state index in [4.69, 9.17) is 0 Å². The lowest BCUT2D eigenvalue weighted by molar-refractivity contribution is -0.117. The van der Waals surface area contributed by atoms with Gasteiger partial charge in [-0.15, -0.1) is 0 Å². The summed E-state index contributed by atoms with van der Waals surface area (Å²) < 4.78 is 0. The first-order valence-electron chi connectivity index (χ1n) is 6.34. The molecule has 0 unspecified atom stereocenters. The number of carbonyl (C=O) groups excluding carboxylic acids is 3. The molecule has 0 fully saturated rings. The highest BCUT2D eigenvalue weighted by Crippen LogP contribution is 2.12. The Hall–Kier alpha value is -2.95. The van der Waals surface area contributed by atoms with Crippen molar-refractivity contribution in [2.24, 2.45) is 0 Å². The summed E-state index contributed by atoms with van der Waals surface area (Å²) in [5, 5.41) is 1.18. The number of amides is 2. The molecule has 0 aliphatic rings. The van der Waals surface area contributed by atoms with Gasteiger partial charge in [-0.3, -0.25) is 19.8 Å². The fourth-order valence-corrected chi connectivity index (χ4v) is 1.78. The number of hydrazine groups is 1. The van der Waals surface area contributed by atoms with Crippen LogP contribution in [0.2, 0.25) is 0 Å². The summed E-state index contributed by atoms with van der Waals surface area (Å²) in [4.78, 5) is 34.4. The molecule has 2 rings (SSSR count). The number of nitrogens with zero attached hydrogens (tertiary/aromatic N) is 1. The topological polar surface area (TPSA) is 66.5 Å². The number of rotatable bonds is 3. The highest BCUT2D eigenvalue weighted by atomic mass is 16.2. The average Bonchev–Trinajstić information content (AvgIpc) is 2.53. The summed E-state index contributed by atoms with van der Waals surface area (Å²) in [6.07, 6.45) is 0.702. The zero-order valence-corrected chi connectivity index (χ0v) is 11.4. The van der Waals surface area contributed by atoms with Crippen molar-refractivity contribution >= 4 is 23.8 Å². The van der Waals surface area contributed by atoms with Crippen LogP contribution in [0.3, 0.4) is 0 Å². The second-order valence-electron chi connectivity index (χ2n) is 4.37. The van der Waals surface area contributed by atoms with Crippen molar-refractivity contribution in [1.29, 1.82) is 0 Å². The van der Waals surface area contributed by atoms with Gasteiger partial charge in [0.2, 0.25) is 5.91 Å². The van der Waals surface area contributed by atoms with E-state index in [0.29, 0.717) is 23.1 Å². The number of hydrogen-bond donors (Lipinski definition) is 1. The predicted molar refractivity (Wildman–Crippen MR) is 78.9 cm³/mol. The van der Waals surface area contributed by atoms with Gasteiger partial charge in [-0.2, -0.15) is 0 Å². The molecule has 0 atom stereocenters. The third kappa shape index (κ3) is 3.54. The Kier molecular flexibility index (Phi) is 4.46. The maximum atomic E-state index is 12.1. The van der Waals surface area contributed by atoms with Gasteiger partial charge in [-0.1, -0.05) is 30.3 Å². The third-order valence-electron chi connectivity index (χ3n) is 2.85. The van der Waals surface area contributed by atoms with E-state index in [1.165, 1.54) is 24.1 Å². The fourth-order valence-electron chi connectivity index (χ4n) is 1.78. The molecule has 0 saturated carbocycles. The SMILES string of the molecule is CC(=O)N(NC(=O)c1ccc(C=O)cc1)c1ccccc1. The standard InChI is InChI=1S/C16H14N2O3/c1-12(20)18(15-5-3-2-4-6-15)17-16(21)14-9-7-13(11-19)8-10-14/h2-11H,1H3,(H,17,21). The Labute approximate surface area is 122 Å². The second kappa shape index (κ2) is 6.47. The summed E-state index contributed by atoms with van der Waals surface area (Å²) in [6.45, 7) is 1.36. The minimum absolute atomic E-state index is 0.306. The maximum Gasteiger partial charge on any atom is 0.270 e. The van der Waals surface area contributed by atoms with E-state index in [-0.39, 0.29) is 5.91 Å². The van der Waals surface area contributed by atoms with Crippen LogP contribution in [0.4, 0.5) is 5.69 Å². The van der Waals surface area contributed by atoms with E-state index in [9.17, 15) is 14.4 Å². The molecule has 0 aliphatic carbocycles. The van der Waals surface area contributed by atoms with Crippen molar-refractivity contribution in [2.75, 3.05) is 5.01 Å². The quantitative estimate of drug-likeness (QED) is 0.693. The average molecular weight is 282 g/mol. The molecule has 2 aromatic rings. The third-order valence-corrected chi connectivity index (χ3v) is 2.85. The van der Waals surface area contributed by atoms with Gasteiger partial charge in [0.25, 0.3) is 5.91 Å². The van der Waals surface area contributed by atoms with Crippen molar-refractivity contribution in [3.05, 3.63) is 65.7 Å².